The van der Waals surface area contributed by atoms with Crippen molar-refractivity contribution in [3.05, 3.63) is 95.1 Å². The number of likely N-dealkylation sites (tertiary alicyclic amines) is 1. The van der Waals surface area contributed by atoms with Crippen molar-refractivity contribution in [2.75, 3.05) is 17.8 Å². The summed E-state index contributed by atoms with van der Waals surface area (Å²) in [7, 11) is -3.73. The highest BCUT2D eigenvalue weighted by Gasteiger charge is 2.16. The number of carbonyl (C=O) groups is 1. The maximum atomic E-state index is 12.7. The molecule has 0 unspecified atom stereocenters. The maximum Gasteiger partial charge on any atom is 0.261 e. The third-order valence-corrected chi connectivity index (χ3v) is 7.53. The van der Waals surface area contributed by atoms with Crippen molar-refractivity contribution in [2.45, 2.75) is 44.2 Å². The van der Waals surface area contributed by atoms with Gasteiger partial charge in [-0.1, -0.05) is 48.9 Å². The van der Waals surface area contributed by atoms with Crippen LogP contribution in [-0.2, 0) is 23.1 Å². The molecule has 1 amide bonds. The van der Waals surface area contributed by atoms with Crippen molar-refractivity contribution >= 4 is 21.6 Å². The highest BCUT2D eigenvalue weighted by atomic mass is 32.2. The summed E-state index contributed by atoms with van der Waals surface area (Å²) in [6, 6.07) is 21.5. The Balaban J connectivity index is 1.31. The van der Waals surface area contributed by atoms with E-state index in [4.69, 9.17) is 0 Å². The average Bonchev–Trinajstić information content (AvgIpc) is 2.85. The number of anilines is 1. The number of benzene rings is 3. The molecule has 7 heteroatoms. The van der Waals surface area contributed by atoms with Gasteiger partial charge in [0.2, 0.25) is 0 Å². The molecule has 1 aliphatic heterocycles. The number of hydrogen-bond acceptors (Lipinski definition) is 4. The second kappa shape index (κ2) is 10.8. The number of hydrogen-bond donors (Lipinski definition) is 2. The molecule has 1 fully saturated rings. The Morgan fingerprint density at radius 2 is 1.50 bits per heavy atom. The first-order valence-corrected chi connectivity index (χ1v) is 13.2. The molecule has 0 aromatic heterocycles. The molecule has 0 saturated carbocycles. The number of piperidine rings is 1. The lowest BCUT2D eigenvalue weighted by Crippen LogP contribution is -2.29. The van der Waals surface area contributed by atoms with Gasteiger partial charge in [0.15, 0.2) is 0 Å². The minimum atomic E-state index is -3.73. The van der Waals surface area contributed by atoms with Crippen LogP contribution in [-0.4, -0.2) is 32.3 Å². The molecule has 0 atom stereocenters. The summed E-state index contributed by atoms with van der Waals surface area (Å²) in [5, 5.41) is 2.91. The second-order valence-electron chi connectivity index (χ2n) is 8.78. The van der Waals surface area contributed by atoms with E-state index < -0.39 is 10.0 Å². The van der Waals surface area contributed by atoms with Gasteiger partial charge < -0.3 is 5.32 Å². The number of nitrogens with one attached hydrogen (secondary N) is 2. The van der Waals surface area contributed by atoms with Crippen LogP contribution in [0.5, 0.6) is 0 Å². The van der Waals surface area contributed by atoms with Crippen LogP contribution in [0.4, 0.5) is 5.69 Å². The average molecular weight is 478 g/mol. The van der Waals surface area contributed by atoms with Crippen LogP contribution in [0.25, 0.3) is 0 Å². The predicted octanol–water partition coefficient (Wildman–Crippen LogP) is 4.71. The number of nitrogens with zero attached hydrogens (tertiary/aromatic N) is 1. The van der Waals surface area contributed by atoms with Crippen LogP contribution >= 0.6 is 0 Å². The molecular weight excluding hydrogens is 446 g/mol. The number of carbonyl (C=O) groups excluding carboxylic acids is 1. The quantitative estimate of drug-likeness (QED) is 0.492. The third-order valence-electron chi connectivity index (χ3n) is 6.15. The van der Waals surface area contributed by atoms with E-state index in [-0.39, 0.29) is 10.8 Å². The molecule has 0 bridgehead atoms. The van der Waals surface area contributed by atoms with E-state index >= 15 is 0 Å². The first-order chi connectivity index (χ1) is 16.4. The Labute approximate surface area is 202 Å². The number of rotatable bonds is 8. The smallest absolute Gasteiger partial charge is 0.261 e. The molecule has 1 heterocycles. The summed E-state index contributed by atoms with van der Waals surface area (Å²) >= 11 is 0. The van der Waals surface area contributed by atoms with Gasteiger partial charge in [0.05, 0.1) is 10.6 Å². The van der Waals surface area contributed by atoms with E-state index in [0.29, 0.717) is 17.8 Å². The highest BCUT2D eigenvalue weighted by Crippen LogP contribution is 2.20. The lowest BCUT2D eigenvalue weighted by Gasteiger charge is -2.26. The highest BCUT2D eigenvalue weighted by molar-refractivity contribution is 7.92. The Kier molecular flexibility index (Phi) is 7.65. The maximum absolute atomic E-state index is 12.7. The fourth-order valence-electron chi connectivity index (χ4n) is 4.10. The van der Waals surface area contributed by atoms with E-state index in [0.717, 1.165) is 17.7 Å². The first-order valence-electron chi connectivity index (χ1n) is 11.7. The van der Waals surface area contributed by atoms with Crippen molar-refractivity contribution < 1.29 is 13.2 Å². The Morgan fingerprint density at radius 3 is 2.18 bits per heavy atom. The monoisotopic (exact) mass is 477 g/mol. The van der Waals surface area contributed by atoms with Crippen LogP contribution in [0.3, 0.4) is 0 Å². The number of sulfonamides is 1. The van der Waals surface area contributed by atoms with Crippen molar-refractivity contribution in [1.29, 1.82) is 0 Å². The van der Waals surface area contributed by atoms with Gasteiger partial charge in [-0.15, -0.1) is 0 Å². The number of aryl methyl sites for hydroxylation is 1. The Morgan fingerprint density at radius 1 is 0.853 bits per heavy atom. The summed E-state index contributed by atoms with van der Waals surface area (Å²) in [5.74, 6) is -0.242. The third kappa shape index (κ3) is 6.24. The van der Waals surface area contributed by atoms with E-state index in [2.05, 4.69) is 27.1 Å². The Hall–Kier alpha value is -3.16. The minimum Gasteiger partial charge on any atom is -0.348 e. The van der Waals surface area contributed by atoms with Gasteiger partial charge in [-0.25, -0.2) is 8.42 Å². The molecule has 34 heavy (non-hydrogen) atoms. The molecule has 3 aromatic carbocycles. The van der Waals surface area contributed by atoms with Gasteiger partial charge in [0, 0.05) is 18.7 Å². The molecule has 0 spiro atoms. The van der Waals surface area contributed by atoms with Gasteiger partial charge in [-0.3, -0.25) is 14.4 Å². The second-order valence-corrected chi connectivity index (χ2v) is 10.5. The minimum absolute atomic E-state index is 0.108. The molecule has 1 aliphatic rings. The normalized spacial score (nSPS) is 14.5. The summed E-state index contributed by atoms with van der Waals surface area (Å²) in [6.45, 7) is 5.56. The van der Waals surface area contributed by atoms with Crippen molar-refractivity contribution in [3.8, 4) is 0 Å². The molecule has 2 N–H and O–H groups in total. The van der Waals surface area contributed by atoms with Gasteiger partial charge in [0.25, 0.3) is 15.9 Å². The first kappa shape index (κ1) is 24.0. The van der Waals surface area contributed by atoms with E-state index in [1.807, 2.05) is 31.2 Å². The predicted molar refractivity (Wildman–Crippen MR) is 135 cm³/mol. The van der Waals surface area contributed by atoms with E-state index in [9.17, 15) is 13.2 Å². The zero-order valence-electron chi connectivity index (χ0n) is 19.5. The van der Waals surface area contributed by atoms with Gasteiger partial charge in [0.1, 0.15) is 0 Å². The lowest BCUT2D eigenvalue weighted by atomic mass is 10.1. The summed E-state index contributed by atoms with van der Waals surface area (Å²) in [6.07, 6.45) is 3.89. The van der Waals surface area contributed by atoms with E-state index in [1.165, 1.54) is 62.2 Å². The standard InChI is InChI=1S/C27H31N3O3S/c1-21-7-3-4-8-26(21)29-34(32,33)25-15-13-24(14-16-25)27(31)28-19-22-9-11-23(12-10-22)20-30-17-5-2-6-18-30/h3-4,7-16,29H,2,5-6,17-20H2,1H3,(H,28,31). The topological polar surface area (TPSA) is 78.5 Å². The van der Waals surface area contributed by atoms with Gasteiger partial charge >= 0.3 is 0 Å². The fraction of sp³-hybridized carbons (Fsp3) is 0.296. The SMILES string of the molecule is Cc1ccccc1NS(=O)(=O)c1ccc(C(=O)NCc2ccc(CN3CCCCC3)cc2)cc1. The summed E-state index contributed by atoms with van der Waals surface area (Å²) in [5.41, 5.74) is 4.09. The largest absolute Gasteiger partial charge is 0.348 e. The molecule has 6 nitrogen and oxygen atoms in total. The van der Waals surface area contributed by atoms with Crippen molar-refractivity contribution in [2.24, 2.45) is 0 Å². The fourth-order valence-corrected chi connectivity index (χ4v) is 5.23. The molecule has 3 aromatic rings. The summed E-state index contributed by atoms with van der Waals surface area (Å²) in [4.78, 5) is 15.2. The van der Waals surface area contributed by atoms with Crippen LogP contribution in [0, 0.1) is 6.92 Å². The lowest BCUT2D eigenvalue weighted by molar-refractivity contribution is 0.0951. The number of amides is 1. The van der Waals surface area contributed by atoms with Crippen LogP contribution in [0.1, 0.15) is 46.3 Å². The summed E-state index contributed by atoms with van der Waals surface area (Å²) < 4.78 is 28.0. The van der Waals surface area contributed by atoms with Crippen molar-refractivity contribution in [1.82, 2.24) is 10.2 Å². The van der Waals surface area contributed by atoms with Gasteiger partial charge in [-0.05, 0) is 79.9 Å². The van der Waals surface area contributed by atoms with E-state index in [1.54, 1.807) is 12.1 Å². The van der Waals surface area contributed by atoms with Crippen molar-refractivity contribution in [3.63, 3.8) is 0 Å². The zero-order valence-corrected chi connectivity index (χ0v) is 20.3. The molecule has 4 rings (SSSR count). The number of para-hydroxylation sites is 1. The van der Waals surface area contributed by atoms with Gasteiger partial charge in [-0.2, -0.15) is 0 Å². The Bertz CT molecular complexity index is 1220. The van der Waals surface area contributed by atoms with Crippen LogP contribution in [0.2, 0.25) is 0 Å². The molecular formula is C27H31N3O3S. The zero-order chi connectivity index (χ0) is 24.0. The molecule has 0 radical (unpaired) electrons. The molecule has 0 aliphatic carbocycles. The van der Waals surface area contributed by atoms with Crippen LogP contribution in [0.15, 0.2) is 77.7 Å². The molecule has 178 valence electrons. The molecule has 1 saturated heterocycles. The van der Waals surface area contributed by atoms with Crippen LogP contribution < -0.4 is 10.0 Å².